The van der Waals surface area contributed by atoms with E-state index in [0.29, 0.717) is 4.88 Å². The molecular weight excluding hydrogens is 306 g/mol. The second-order valence-electron chi connectivity index (χ2n) is 5.40. The van der Waals surface area contributed by atoms with Crippen LogP contribution < -0.4 is 5.32 Å². The minimum atomic E-state index is -0.134. The molecule has 0 saturated carbocycles. The van der Waals surface area contributed by atoms with Crippen LogP contribution in [0.1, 0.15) is 26.5 Å². The Bertz CT molecular complexity index is 856. The van der Waals surface area contributed by atoms with Gasteiger partial charge in [-0.2, -0.15) is 0 Å². The smallest absolute Gasteiger partial charge is 0.267 e. The fourth-order valence-corrected chi connectivity index (χ4v) is 3.15. The van der Waals surface area contributed by atoms with E-state index in [2.05, 4.69) is 15.3 Å². The van der Waals surface area contributed by atoms with Crippen molar-refractivity contribution in [1.29, 1.82) is 0 Å². The SMILES string of the molecule is Cc1ccc(NC(=O)c2sc(-c3ccccn3)nc2C)cc1C. The zero-order valence-corrected chi connectivity index (χ0v) is 14.1. The average molecular weight is 323 g/mol. The molecule has 2 heterocycles. The van der Waals surface area contributed by atoms with Gasteiger partial charge < -0.3 is 5.32 Å². The average Bonchev–Trinajstić information content (AvgIpc) is 2.94. The van der Waals surface area contributed by atoms with Crippen LogP contribution in [-0.2, 0) is 0 Å². The van der Waals surface area contributed by atoms with Crippen molar-refractivity contribution < 1.29 is 4.79 Å². The molecule has 0 aliphatic heterocycles. The van der Waals surface area contributed by atoms with Crippen molar-refractivity contribution in [3.63, 3.8) is 0 Å². The van der Waals surface area contributed by atoms with Crippen molar-refractivity contribution in [2.45, 2.75) is 20.8 Å². The van der Waals surface area contributed by atoms with E-state index in [1.807, 2.05) is 57.2 Å². The summed E-state index contributed by atoms with van der Waals surface area (Å²) in [5.74, 6) is -0.134. The Hall–Kier alpha value is -2.53. The predicted molar refractivity (Wildman–Crippen MR) is 94.0 cm³/mol. The van der Waals surface area contributed by atoms with Gasteiger partial charge in [0.1, 0.15) is 9.88 Å². The lowest BCUT2D eigenvalue weighted by Crippen LogP contribution is -2.11. The molecule has 0 spiro atoms. The van der Waals surface area contributed by atoms with Gasteiger partial charge in [0, 0.05) is 11.9 Å². The maximum Gasteiger partial charge on any atom is 0.267 e. The molecule has 1 amide bonds. The highest BCUT2D eigenvalue weighted by atomic mass is 32.1. The number of benzene rings is 1. The van der Waals surface area contributed by atoms with E-state index in [9.17, 15) is 4.79 Å². The number of thiazole rings is 1. The first kappa shape index (κ1) is 15.4. The van der Waals surface area contributed by atoms with E-state index in [-0.39, 0.29) is 5.91 Å². The van der Waals surface area contributed by atoms with Gasteiger partial charge in [0.25, 0.3) is 5.91 Å². The summed E-state index contributed by atoms with van der Waals surface area (Å²) in [4.78, 5) is 21.9. The highest BCUT2D eigenvalue weighted by Gasteiger charge is 2.17. The minimum absolute atomic E-state index is 0.134. The van der Waals surface area contributed by atoms with Crippen LogP contribution in [0.25, 0.3) is 10.7 Å². The molecule has 1 N–H and O–H groups in total. The molecule has 0 radical (unpaired) electrons. The van der Waals surface area contributed by atoms with Crippen LogP contribution in [0.5, 0.6) is 0 Å². The van der Waals surface area contributed by atoms with Gasteiger partial charge in [-0.15, -0.1) is 11.3 Å². The number of nitrogens with zero attached hydrogens (tertiary/aromatic N) is 2. The maximum atomic E-state index is 12.5. The van der Waals surface area contributed by atoms with Crippen molar-refractivity contribution in [2.75, 3.05) is 5.32 Å². The monoisotopic (exact) mass is 323 g/mol. The standard InChI is InChI=1S/C18H17N3OS/c1-11-7-8-14(10-12(11)2)21-17(22)16-13(3)20-18(23-16)15-6-4-5-9-19-15/h4-10H,1-3H3,(H,21,22). The van der Waals surface area contributed by atoms with E-state index < -0.39 is 0 Å². The summed E-state index contributed by atoms with van der Waals surface area (Å²) in [5.41, 5.74) is 4.65. The van der Waals surface area contributed by atoms with E-state index >= 15 is 0 Å². The van der Waals surface area contributed by atoms with E-state index in [1.54, 1.807) is 6.20 Å². The summed E-state index contributed by atoms with van der Waals surface area (Å²) in [6, 6.07) is 11.6. The number of hydrogen-bond donors (Lipinski definition) is 1. The van der Waals surface area contributed by atoms with Gasteiger partial charge in [-0.25, -0.2) is 4.98 Å². The molecule has 5 heteroatoms. The van der Waals surface area contributed by atoms with Crippen molar-refractivity contribution in [3.8, 4) is 10.7 Å². The van der Waals surface area contributed by atoms with Crippen molar-refractivity contribution in [3.05, 3.63) is 64.3 Å². The second-order valence-corrected chi connectivity index (χ2v) is 6.40. The van der Waals surface area contributed by atoms with Crippen LogP contribution >= 0.6 is 11.3 Å². The Morgan fingerprint density at radius 1 is 1.09 bits per heavy atom. The first-order valence-corrected chi connectivity index (χ1v) is 8.13. The van der Waals surface area contributed by atoms with Crippen molar-refractivity contribution in [2.24, 2.45) is 0 Å². The molecule has 3 aromatic rings. The van der Waals surface area contributed by atoms with Gasteiger partial charge in [-0.3, -0.25) is 9.78 Å². The van der Waals surface area contributed by atoms with Crippen LogP contribution in [0.15, 0.2) is 42.6 Å². The number of aryl methyl sites for hydroxylation is 3. The molecule has 2 aromatic heterocycles. The predicted octanol–water partition coefficient (Wildman–Crippen LogP) is 4.38. The van der Waals surface area contributed by atoms with Crippen LogP contribution in [0.4, 0.5) is 5.69 Å². The quantitative estimate of drug-likeness (QED) is 0.778. The molecule has 116 valence electrons. The molecule has 0 fully saturated rings. The van der Waals surface area contributed by atoms with E-state index in [1.165, 1.54) is 16.9 Å². The molecule has 0 unspecified atom stereocenters. The van der Waals surface area contributed by atoms with Gasteiger partial charge in [-0.1, -0.05) is 12.1 Å². The number of rotatable bonds is 3. The molecule has 3 rings (SSSR count). The minimum Gasteiger partial charge on any atom is -0.321 e. The van der Waals surface area contributed by atoms with Crippen LogP contribution in [0, 0.1) is 20.8 Å². The fraction of sp³-hybridized carbons (Fsp3) is 0.167. The molecule has 0 saturated heterocycles. The number of hydrogen-bond acceptors (Lipinski definition) is 4. The Morgan fingerprint density at radius 2 is 1.91 bits per heavy atom. The number of carbonyl (C=O) groups is 1. The largest absolute Gasteiger partial charge is 0.321 e. The fourth-order valence-electron chi connectivity index (χ4n) is 2.21. The van der Waals surface area contributed by atoms with Gasteiger partial charge in [-0.05, 0) is 56.2 Å². The number of carbonyl (C=O) groups excluding carboxylic acids is 1. The van der Waals surface area contributed by atoms with E-state index in [4.69, 9.17) is 0 Å². The topological polar surface area (TPSA) is 54.9 Å². The molecule has 23 heavy (non-hydrogen) atoms. The first-order chi connectivity index (χ1) is 11.0. The number of nitrogens with one attached hydrogen (secondary N) is 1. The molecule has 0 bridgehead atoms. The summed E-state index contributed by atoms with van der Waals surface area (Å²) >= 11 is 1.36. The highest BCUT2D eigenvalue weighted by molar-refractivity contribution is 7.17. The molecular formula is C18H17N3OS. The Balaban J connectivity index is 1.85. The molecule has 4 nitrogen and oxygen atoms in total. The summed E-state index contributed by atoms with van der Waals surface area (Å²) in [5, 5.41) is 3.70. The summed E-state index contributed by atoms with van der Waals surface area (Å²) in [7, 11) is 0. The summed E-state index contributed by atoms with van der Waals surface area (Å²) < 4.78 is 0. The van der Waals surface area contributed by atoms with Gasteiger partial charge >= 0.3 is 0 Å². The summed E-state index contributed by atoms with van der Waals surface area (Å²) in [6.45, 7) is 5.92. The molecule has 0 atom stereocenters. The number of aromatic nitrogens is 2. The zero-order chi connectivity index (χ0) is 16.4. The summed E-state index contributed by atoms with van der Waals surface area (Å²) in [6.07, 6.45) is 1.72. The number of anilines is 1. The van der Waals surface area contributed by atoms with Crippen molar-refractivity contribution in [1.82, 2.24) is 9.97 Å². The van der Waals surface area contributed by atoms with Crippen LogP contribution in [0.2, 0.25) is 0 Å². The van der Waals surface area contributed by atoms with Crippen LogP contribution in [-0.4, -0.2) is 15.9 Å². The van der Waals surface area contributed by atoms with Crippen LogP contribution in [0.3, 0.4) is 0 Å². The lowest BCUT2D eigenvalue weighted by atomic mass is 10.1. The molecule has 0 aliphatic rings. The lowest BCUT2D eigenvalue weighted by Gasteiger charge is -2.06. The third-order valence-electron chi connectivity index (χ3n) is 3.65. The Kier molecular flexibility index (Phi) is 4.21. The third-order valence-corrected chi connectivity index (χ3v) is 4.83. The lowest BCUT2D eigenvalue weighted by molar-refractivity contribution is 0.103. The normalized spacial score (nSPS) is 10.6. The molecule has 1 aromatic carbocycles. The van der Waals surface area contributed by atoms with Crippen molar-refractivity contribution >= 4 is 22.9 Å². The first-order valence-electron chi connectivity index (χ1n) is 7.32. The van der Waals surface area contributed by atoms with E-state index in [0.717, 1.165) is 27.6 Å². The zero-order valence-electron chi connectivity index (χ0n) is 13.3. The maximum absolute atomic E-state index is 12.5. The molecule has 0 aliphatic carbocycles. The Labute approximate surface area is 139 Å². The third kappa shape index (κ3) is 3.29. The second kappa shape index (κ2) is 6.30. The van der Waals surface area contributed by atoms with Gasteiger partial charge in [0.15, 0.2) is 0 Å². The number of amides is 1. The van der Waals surface area contributed by atoms with Gasteiger partial charge in [0.2, 0.25) is 0 Å². The Morgan fingerprint density at radius 3 is 2.61 bits per heavy atom. The van der Waals surface area contributed by atoms with Gasteiger partial charge in [0.05, 0.1) is 11.4 Å². The highest BCUT2D eigenvalue weighted by Crippen LogP contribution is 2.27. The number of pyridine rings is 1.